The fourth-order valence-electron chi connectivity index (χ4n) is 2.11. The summed E-state index contributed by atoms with van der Waals surface area (Å²) in [5.74, 6) is 2.13. The molecule has 0 saturated heterocycles. The second-order valence-electron chi connectivity index (χ2n) is 4.62. The van der Waals surface area contributed by atoms with Crippen molar-refractivity contribution >= 4 is 5.69 Å². The topological polar surface area (TPSA) is 83.4 Å². The lowest BCUT2D eigenvalue weighted by molar-refractivity contribution is 0.355. The Bertz CT molecular complexity index is 799. The summed E-state index contributed by atoms with van der Waals surface area (Å²) in [4.78, 5) is 4.39. The third-order valence-corrected chi connectivity index (χ3v) is 3.20. The van der Waals surface area contributed by atoms with Crippen molar-refractivity contribution in [2.75, 3.05) is 20.0 Å². The van der Waals surface area contributed by atoms with Gasteiger partial charge in [-0.3, -0.25) is 0 Å². The van der Waals surface area contributed by atoms with E-state index in [4.69, 9.17) is 19.7 Å². The monoisotopic (exact) mass is 297 g/mol. The molecular weight excluding hydrogens is 282 g/mol. The van der Waals surface area contributed by atoms with Crippen LogP contribution in [0, 0.1) is 0 Å². The van der Waals surface area contributed by atoms with Crippen LogP contribution in [0.5, 0.6) is 11.5 Å². The Balaban J connectivity index is 1.97. The molecule has 2 aromatic carbocycles. The molecule has 0 aliphatic heterocycles. The number of rotatable bonds is 4. The number of anilines is 1. The molecule has 6 nitrogen and oxygen atoms in total. The van der Waals surface area contributed by atoms with Crippen molar-refractivity contribution in [1.82, 2.24) is 10.1 Å². The summed E-state index contributed by atoms with van der Waals surface area (Å²) in [6, 6.07) is 12.7. The highest BCUT2D eigenvalue weighted by molar-refractivity contribution is 5.65. The number of ether oxygens (including phenoxy) is 2. The average Bonchev–Trinajstić information content (AvgIpc) is 3.04. The second-order valence-corrected chi connectivity index (χ2v) is 4.62. The highest BCUT2D eigenvalue weighted by Gasteiger charge is 2.13. The largest absolute Gasteiger partial charge is 0.493 e. The van der Waals surface area contributed by atoms with Crippen molar-refractivity contribution in [1.29, 1.82) is 0 Å². The molecule has 0 spiro atoms. The first-order chi connectivity index (χ1) is 10.7. The molecular formula is C16H15N3O3. The van der Waals surface area contributed by atoms with Gasteiger partial charge < -0.3 is 19.7 Å². The average molecular weight is 297 g/mol. The summed E-state index contributed by atoms with van der Waals surface area (Å²) in [5, 5.41) is 3.99. The zero-order valence-corrected chi connectivity index (χ0v) is 12.2. The molecule has 3 rings (SSSR count). The van der Waals surface area contributed by atoms with Crippen LogP contribution in [0.2, 0.25) is 0 Å². The third kappa shape index (κ3) is 2.58. The summed E-state index contributed by atoms with van der Waals surface area (Å²) in [7, 11) is 3.16. The van der Waals surface area contributed by atoms with E-state index >= 15 is 0 Å². The van der Waals surface area contributed by atoms with Crippen molar-refractivity contribution in [2.24, 2.45) is 0 Å². The van der Waals surface area contributed by atoms with Gasteiger partial charge in [-0.2, -0.15) is 4.98 Å². The van der Waals surface area contributed by atoms with Gasteiger partial charge in [0.05, 0.1) is 14.2 Å². The van der Waals surface area contributed by atoms with Crippen LogP contribution in [0.15, 0.2) is 47.0 Å². The van der Waals surface area contributed by atoms with Crippen LogP contribution in [-0.4, -0.2) is 24.4 Å². The Labute approximate surface area is 127 Å². The Morgan fingerprint density at radius 3 is 2.50 bits per heavy atom. The zero-order chi connectivity index (χ0) is 15.5. The summed E-state index contributed by atoms with van der Waals surface area (Å²) in [6.07, 6.45) is 0. The molecule has 0 aliphatic carbocycles. The van der Waals surface area contributed by atoms with E-state index in [2.05, 4.69) is 10.1 Å². The maximum Gasteiger partial charge on any atom is 0.258 e. The summed E-state index contributed by atoms with van der Waals surface area (Å²) < 4.78 is 15.8. The van der Waals surface area contributed by atoms with Crippen LogP contribution in [0.4, 0.5) is 5.69 Å². The van der Waals surface area contributed by atoms with Gasteiger partial charge in [-0.05, 0) is 30.3 Å². The van der Waals surface area contributed by atoms with Gasteiger partial charge in [-0.1, -0.05) is 17.3 Å². The maximum atomic E-state index is 5.77. The number of hydrogen-bond acceptors (Lipinski definition) is 6. The van der Waals surface area contributed by atoms with Gasteiger partial charge in [0.25, 0.3) is 5.89 Å². The Kier molecular flexibility index (Phi) is 3.65. The van der Waals surface area contributed by atoms with E-state index in [1.54, 1.807) is 38.5 Å². The van der Waals surface area contributed by atoms with Gasteiger partial charge >= 0.3 is 0 Å². The minimum atomic E-state index is 0.401. The maximum absolute atomic E-state index is 5.77. The highest BCUT2D eigenvalue weighted by Crippen LogP contribution is 2.32. The van der Waals surface area contributed by atoms with Crippen molar-refractivity contribution < 1.29 is 14.0 Å². The molecule has 112 valence electrons. The summed E-state index contributed by atoms with van der Waals surface area (Å²) >= 11 is 0. The Morgan fingerprint density at radius 2 is 1.77 bits per heavy atom. The predicted molar refractivity (Wildman–Crippen MR) is 82.7 cm³/mol. The summed E-state index contributed by atoms with van der Waals surface area (Å²) in [6.45, 7) is 0. The van der Waals surface area contributed by atoms with Crippen molar-refractivity contribution in [3.05, 3.63) is 42.5 Å². The lowest BCUT2D eigenvalue weighted by Gasteiger charge is -2.07. The first kappa shape index (κ1) is 13.9. The molecule has 0 bridgehead atoms. The molecule has 6 heteroatoms. The number of nitrogens with two attached hydrogens (primary N) is 1. The first-order valence-electron chi connectivity index (χ1n) is 6.63. The number of hydrogen-bond donors (Lipinski definition) is 1. The number of nitrogen functional groups attached to an aromatic ring is 1. The molecule has 22 heavy (non-hydrogen) atoms. The molecule has 0 aliphatic rings. The van der Waals surface area contributed by atoms with Gasteiger partial charge in [0, 0.05) is 16.8 Å². The first-order valence-corrected chi connectivity index (χ1v) is 6.63. The zero-order valence-electron chi connectivity index (χ0n) is 12.2. The van der Waals surface area contributed by atoms with Crippen LogP contribution in [0.3, 0.4) is 0 Å². The van der Waals surface area contributed by atoms with Gasteiger partial charge in [0.1, 0.15) is 0 Å². The molecule has 0 atom stereocenters. The Hall–Kier alpha value is -3.02. The van der Waals surface area contributed by atoms with E-state index in [-0.39, 0.29) is 0 Å². The predicted octanol–water partition coefficient (Wildman–Crippen LogP) is 3.00. The van der Waals surface area contributed by atoms with Gasteiger partial charge in [-0.25, -0.2) is 0 Å². The molecule has 2 N–H and O–H groups in total. The van der Waals surface area contributed by atoms with Crippen LogP contribution >= 0.6 is 0 Å². The van der Waals surface area contributed by atoms with Crippen LogP contribution in [0.1, 0.15) is 0 Å². The number of methoxy groups -OCH3 is 2. The van der Waals surface area contributed by atoms with Crippen molar-refractivity contribution in [3.63, 3.8) is 0 Å². The molecule has 0 saturated carbocycles. The normalized spacial score (nSPS) is 10.5. The lowest BCUT2D eigenvalue weighted by Crippen LogP contribution is -1.91. The highest BCUT2D eigenvalue weighted by atomic mass is 16.5. The minimum absolute atomic E-state index is 0.401. The van der Waals surface area contributed by atoms with Crippen LogP contribution < -0.4 is 15.2 Å². The Morgan fingerprint density at radius 1 is 0.955 bits per heavy atom. The van der Waals surface area contributed by atoms with E-state index in [0.29, 0.717) is 28.9 Å². The lowest BCUT2D eigenvalue weighted by atomic mass is 10.2. The molecule has 0 unspecified atom stereocenters. The smallest absolute Gasteiger partial charge is 0.258 e. The quantitative estimate of drug-likeness (QED) is 0.745. The number of nitrogens with zero attached hydrogens (tertiary/aromatic N) is 2. The molecule has 1 aromatic heterocycles. The molecule has 0 fully saturated rings. The number of benzene rings is 2. The van der Waals surface area contributed by atoms with Gasteiger partial charge in [0.15, 0.2) is 11.5 Å². The van der Waals surface area contributed by atoms with E-state index in [1.165, 1.54) is 0 Å². The standard InChI is InChI=1S/C16H15N3O3/c1-20-13-7-6-11(9-14(13)21-2)16-18-15(19-22-16)10-4-3-5-12(17)8-10/h3-9H,17H2,1-2H3. The molecule has 3 aromatic rings. The second kappa shape index (κ2) is 5.77. The van der Waals surface area contributed by atoms with Crippen LogP contribution in [0.25, 0.3) is 22.8 Å². The van der Waals surface area contributed by atoms with Crippen molar-refractivity contribution in [3.8, 4) is 34.3 Å². The number of aromatic nitrogens is 2. The van der Waals surface area contributed by atoms with Crippen molar-refractivity contribution in [2.45, 2.75) is 0 Å². The SMILES string of the molecule is COc1ccc(-c2nc(-c3cccc(N)c3)no2)cc1OC. The summed E-state index contributed by atoms with van der Waals surface area (Å²) in [5.41, 5.74) is 7.97. The van der Waals surface area contributed by atoms with Gasteiger partial charge in [0.2, 0.25) is 5.82 Å². The van der Waals surface area contributed by atoms with Crippen LogP contribution in [-0.2, 0) is 0 Å². The minimum Gasteiger partial charge on any atom is -0.493 e. The fourth-order valence-corrected chi connectivity index (χ4v) is 2.11. The fraction of sp³-hybridized carbons (Fsp3) is 0.125. The third-order valence-electron chi connectivity index (χ3n) is 3.20. The van der Waals surface area contributed by atoms with Gasteiger partial charge in [-0.15, -0.1) is 0 Å². The molecule has 1 heterocycles. The molecule has 0 amide bonds. The van der Waals surface area contributed by atoms with E-state index in [9.17, 15) is 0 Å². The van der Waals surface area contributed by atoms with E-state index < -0.39 is 0 Å². The van der Waals surface area contributed by atoms with E-state index in [1.807, 2.05) is 18.2 Å². The molecule has 0 radical (unpaired) electrons. The van der Waals surface area contributed by atoms with E-state index in [0.717, 1.165) is 11.1 Å².